The monoisotopic (exact) mass is 515 g/mol. The molecular weight excluding hydrogens is 505 g/mol. The van der Waals surface area contributed by atoms with Crippen LogP contribution in [0, 0.1) is 13.7 Å². The van der Waals surface area contributed by atoms with E-state index in [-0.39, 0.29) is 5.69 Å². The van der Waals surface area contributed by atoms with Crippen molar-refractivity contribution < 1.29 is 9.34 Å². The number of nitro groups is 1. The van der Waals surface area contributed by atoms with Crippen LogP contribution in [0.1, 0.15) is 0 Å². The number of hydrogen-bond donors (Lipinski definition) is 0. The van der Waals surface area contributed by atoms with Crippen LogP contribution in [-0.2, 0) is 0 Å². The number of nitrogens with zero attached hydrogens (tertiary/aromatic N) is 5. The van der Waals surface area contributed by atoms with Crippen molar-refractivity contribution in [2.45, 2.75) is 0 Å². The van der Waals surface area contributed by atoms with Gasteiger partial charge in [0.25, 0.3) is 5.69 Å². The molecule has 5 aromatic rings. The highest BCUT2D eigenvalue weighted by Crippen LogP contribution is 2.33. The van der Waals surface area contributed by atoms with Crippen molar-refractivity contribution in [3.8, 4) is 33.5 Å². The maximum atomic E-state index is 11.0. The molecule has 0 amide bonds. The van der Waals surface area contributed by atoms with Crippen LogP contribution in [0.25, 0.3) is 38.4 Å². The van der Waals surface area contributed by atoms with Crippen molar-refractivity contribution >= 4 is 44.6 Å². The van der Waals surface area contributed by atoms with E-state index in [1.54, 1.807) is 28.8 Å². The normalized spacial score (nSPS) is 11.2. The van der Waals surface area contributed by atoms with Gasteiger partial charge in [-0.15, -0.1) is 10.2 Å². The Hall–Kier alpha value is -3.12. The van der Waals surface area contributed by atoms with Gasteiger partial charge in [-0.3, -0.25) is 10.1 Å². The molecule has 0 radical (unpaired) electrons. The average molecular weight is 515 g/mol. The second kappa shape index (κ2) is 7.04. The van der Waals surface area contributed by atoms with Gasteiger partial charge in [0, 0.05) is 26.8 Å². The van der Waals surface area contributed by atoms with Crippen molar-refractivity contribution in [1.82, 2.24) is 19.8 Å². The number of furan rings is 1. The van der Waals surface area contributed by atoms with Gasteiger partial charge in [0.2, 0.25) is 10.8 Å². The summed E-state index contributed by atoms with van der Waals surface area (Å²) in [6, 6.07) is 17.8. The summed E-state index contributed by atoms with van der Waals surface area (Å²) in [6.45, 7) is 0. The Morgan fingerprint density at radius 1 is 1.03 bits per heavy atom. The molecule has 0 bridgehead atoms. The fourth-order valence-electron chi connectivity index (χ4n) is 2.90. The fourth-order valence-corrected chi connectivity index (χ4v) is 4.60. The van der Waals surface area contributed by atoms with Crippen LogP contribution in [0.5, 0.6) is 0 Å². The molecule has 5 rings (SSSR count). The summed E-state index contributed by atoms with van der Waals surface area (Å²) >= 11 is 3.72. The third-order valence-electron chi connectivity index (χ3n) is 4.26. The van der Waals surface area contributed by atoms with Crippen LogP contribution in [0.2, 0.25) is 0 Å². The van der Waals surface area contributed by atoms with Gasteiger partial charge in [0.1, 0.15) is 10.8 Å². The Bertz CT molecular complexity index is 1370. The third-order valence-corrected chi connectivity index (χ3v) is 6.14. The third kappa shape index (κ3) is 3.19. The summed E-state index contributed by atoms with van der Waals surface area (Å²) < 4.78 is 8.66. The summed E-state index contributed by atoms with van der Waals surface area (Å²) in [5, 5.41) is 24.9. The van der Waals surface area contributed by atoms with Crippen molar-refractivity contribution in [3.05, 3.63) is 74.3 Å². The molecule has 0 saturated carbocycles. The standard InChI is InChI=1S/C19H10IN5O3S/c20-14-7-2-1-6-13(14)18-23-24-17(21-22-19(24)29-18)16-9-8-15(28-16)11-4-3-5-12(10-11)25(26)27/h1-10H. The zero-order valence-corrected chi connectivity index (χ0v) is 17.5. The van der Waals surface area contributed by atoms with E-state index in [2.05, 4.69) is 37.9 Å². The van der Waals surface area contributed by atoms with Crippen LogP contribution in [-0.4, -0.2) is 24.7 Å². The van der Waals surface area contributed by atoms with Gasteiger partial charge in [-0.05, 0) is 40.8 Å². The van der Waals surface area contributed by atoms with Crippen LogP contribution in [0.3, 0.4) is 0 Å². The molecule has 10 heteroatoms. The number of fused-ring (bicyclic) bond motifs is 1. The molecule has 29 heavy (non-hydrogen) atoms. The molecule has 0 aliphatic heterocycles. The summed E-state index contributed by atoms with van der Waals surface area (Å²) in [5.41, 5.74) is 1.65. The highest BCUT2D eigenvalue weighted by Gasteiger charge is 2.19. The van der Waals surface area contributed by atoms with Crippen LogP contribution >= 0.6 is 33.9 Å². The van der Waals surface area contributed by atoms with Crippen LogP contribution in [0.15, 0.2) is 65.1 Å². The molecule has 0 saturated heterocycles. The average Bonchev–Trinajstić information content (AvgIpc) is 3.44. The zero-order chi connectivity index (χ0) is 20.0. The van der Waals surface area contributed by atoms with Gasteiger partial charge in [0.05, 0.1) is 4.92 Å². The first kappa shape index (κ1) is 17.9. The molecule has 2 aromatic carbocycles. The highest BCUT2D eigenvalue weighted by molar-refractivity contribution is 14.1. The molecule has 8 nitrogen and oxygen atoms in total. The Labute approximate surface area is 181 Å². The number of non-ortho nitro benzene ring substituents is 1. The lowest BCUT2D eigenvalue weighted by molar-refractivity contribution is -0.384. The molecule has 0 fully saturated rings. The lowest BCUT2D eigenvalue weighted by atomic mass is 10.1. The molecule has 3 heterocycles. The van der Waals surface area contributed by atoms with Gasteiger partial charge in [-0.25, -0.2) is 0 Å². The Balaban J connectivity index is 1.55. The van der Waals surface area contributed by atoms with Crippen LogP contribution in [0.4, 0.5) is 5.69 Å². The van der Waals surface area contributed by atoms with E-state index in [9.17, 15) is 10.1 Å². The lowest BCUT2D eigenvalue weighted by Crippen LogP contribution is -1.90. The second-order valence-corrected chi connectivity index (χ2v) is 8.19. The molecular formula is C19H10IN5O3S. The highest BCUT2D eigenvalue weighted by atomic mass is 127. The summed E-state index contributed by atoms with van der Waals surface area (Å²) in [5.74, 6) is 1.47. The van der Waals surface area contributed by atoms with Crippen LogP contribution < -0.4 is 0 Å². The van der Waals surface area contributed by atoms with Gasteiger partial charge in [0.15, 0.2) is 5.76 Å². The summed E-state index contributed by atoms with van der Waals surface area (Å²) in [4.78, 5) is 11.2. The van der Waals surface area contributed by atoms with E-state index < -0.39 is 4.92 Å². The number of benzene rings is 2. The predicted octanol–water partition coefficient (Wildman–Crippen LogP) is 5.29. The van der Waals surface area contributed by atoms with Crippen molar-refractivity contribution in [1.29, 1.82) is 0 Å². The molecule has 142 valence electrons. The minimum atomic E-state index is -0.433. The van der Waals surface area contributed by atoms with Gasteiger partial charge < -0.3 is 4.42 Å². The van der Waals surface area contributed by atoms with E-state index in [1.807, 2.05) is 24.3 Å². The Morgan fingerprint density at radius 2 is 1.86 bits per heavy atom. The van der Waals surface area contributed by atoms with Gasteiger partial charge in [-0.2, -0.15) is 9.61 Å². The number of hydrogen-bond acceptors (Lipinski definition) is 7. The van der Waals surface area contributed by atoms with E-state index in [4.69, 9.17) is 4.42 Å². The predicted molar refractivity (Wildman–Crippen MR) is 117 cm³/mol. The quantitative estimate of drug-likeness (QED) is 0.183. The van der Waals surface area contributed by atoms with Crippen molar-refractivity contribution in [2.24, 2.45) is 0 Å². The first-order chi connectivity index (χ1) is 14.1. The summed E-state index contributed by atoms with van der Waals surface area (Å²) in [7, 11) is 0. The Morgan fingerprint density at radius 3 is 2.69 bits per heavy atom. The van der Waals surface area contributed by atoms with Crippen molar-refractivity contribution in [3.63, 3.8) is 0 Å². The number of nitro benzene ring substituents is 1. The zero-order valence-electron chi connectivity index (χ0n) is 14.5. The smallest absolute Gasteiger partial charge is 0.270 e. The van der Waals surface area contributed by atoms with Gasteiger partial charge >= 0.3 is 0 Å². The molecule has 0 aliphatic rings. The molecule has 0 aliphatic carbocycles. The SMILES string of the molecule is O=[N+]([O-])c1cccc(-c2ccc(-c3nnc4sc(-c5ccccc5I)nn34)o2)c1. The number of aromatic nitrogens is 4. The minimum absolute atomic E-state index is 0.00641. The minimum Gasteiger partial charge on any atom is -0.453 e. The molecule has 3 aromatic heterocycles. The van der Waals surface area contributed by atoms with Gasteiger partial charge in [-0.1, -0.05) is 41.7 Å². The van der Waals surface area contributed by atoms with E-state index in [1.165, 1.54) is 23.5 Å². The number of halogens is 1. The molecule has 0 spiro atoms. The summed E-state index contributed by atoms with van der Waals surface area (Å²) in [6.07, 6.45) is 0. The number of rotatable bonds is 4. The van der Waals surface area contributed by atoms with E-state index in [0.717, 1.165) is 14.1 Å². The first-order valence-corrected chi connectivity index (χ1v) is 10.3. The lowest BCUT2D eigenvalue weighted by Gasteiger charge is -1.98. The molecule has 0 N–H and O–H groups in total. The maximum Gasteiger partial charge on any atom is 0.270 e. The fraction of sp³-hybridized carbons (Fsp3) is 0. The second-order valence-electron chi connectivity index (χ2n) is 6.08. The van der Waals surface area contributed by atoms with Crippen molar-refractivity contribution in [2.75, 3.05) is 0 Å². The molecule has 0 unspecified atom stereocenters. The topological polar surface area (TPSA) is 99.4 Å². The largest absolute Gasteiger partial charge is 0.453 e. The van der Waals surface area contributed by atoms with E-state index in [0.29, 0.717) is 27.9 Å². The molecule has 0 atom stereocenters. The first-order valence-electron chi connectivity index (χ1n) is 8.42. The maximum absolute atomic E-state index is 11.0. The Kier molecular flexibility index (Phi) is 4.36. The van der Waals surface area contributed by atoms with E-state index >= 15 is 0 Å².